The maximum atomic E-state index is 13.0. The number of benzene rings is 1. The van der Waals surface area contributed by atoms with Gasteiger partial charge in [-0.1, -0.05) is 13.8 Å². The third-order valence-corrected chi connectivity index (χ3v) is 8.69. The summed E-state index contributed by atoms with van der Waals surface area (Å²) in [6.07, 6.45) is 1.09. The number of likely N-dealkylation sites (N-methyl/N-ethyl adjacent to an activating group) is 1. The first-order valence-electron chi connectivity index (χ1n) is 8.90. The molecule has 0 N–H and O–H groups in total. The Morgan fingerprint density at radius 1 is 1.04 bits per heavy atom. The summed E-state index contributed by atoms with van der Waals surface area (Å²) < 4.78 is 53.6. The van der Waals surface area contributed by atoms with E-state index in [1.54, 1.807) is 27.9 Å². The second-order valence-corrected chi connectivity index (χ2v) is 10.4. The molecule has 0 aliphatic carbocycles. The number of rotatable bonds is 7. The second kappa shape index (κ2) is 8.26. The van der Waals surface area contributed by atoms with Crippen molar-refractivity contribution in [1.82, 2.24) is 13.5 Å². The monoisotopic (exact) mass is 417 g/mol. The Morgan fingerprint density at radius 3 is 2.04 bits per heavy atom. The maximum Gasteiger partial charge on any atom is 0.243 e. The van der Waals surface area contributed by atoms with Crippen LogP contribution in [0.25, 0.3) is 0 Å². The second-order valence-electron chi connectivity index (χ2n) is 6.57. The molecule has 1 atom stereocenters. The van der Waals surface area contributed by atoms with Crippen LogP contribution in [-0.4, -0.2) is 76.0 Å². The summed E-state index contributed by atoms with van der Waals surface area (Å²) in [4.78, 5) is 13.7. The Hall–Kier alpha value is -1.49. The Kier molecular flexibility index (Phi) is 6.67. The summed E-state index contributed by atoms with van der Waals surface area (Å²) in [7, 11) is -4.35. The highest BCUT2D eigenvalue weighted by Gasteiger charge is 2.40. The van der Waals surface area contributed by atoms with Crippen LogP contribution in [0.5, 0.6) is 0 Å². The molecule has 1 aliphatic heterocycles. The van der Waals surface area contributed by atoms with Crippen molar-refractivity contribution in [2.24, 2.45) is 0 Å². The molecule has 27 heavy (non-hydrogen) atoms. The van der Waals surface area contributed by atoms with E-state index in [0.29, 0.717) is 25.9 Å². The van der Waals surface area contributed by atoms with Crippen LogP contribution in [-0.2, 0) is 24.8 Å². The van der Waals surface area contributed by atoms with E-state index in [-0.39, 0.29) is 22.2 Å². The SMILES string of the molecule is CCN(CC)S(=O)(=O)c1ccc(S(=O)(=O)N2CCCC2C(=O)N(C)C)cc1. The molecule has 0 aromatic heterocycles. The van der Waals surface area contributed by atoms with Gasteiger partial charge in [-0.05, 0) is 37.1 Å². The van der Waals surface area contributed by atoms with Gasteiger partial charge in [-0.2, -0.15) is 8.61 Å². The van der Waals surface area contributed by atoms with E-state index >= 15 is 0 Å². The van der Waals surface area contributed by atoms with E-state index in [4.69, 9.17) is 0 Å². The van der Waals surface area contributed by atoms with Crippen LogP contribution >= 0.6 is 0 Å². The molecule has 1 saturated heterocycles. The summed E-state index contributed by atoms with van der Waals surface area (Å²) in [6.45, 7) is 4.43. The Labute approximate surface area is 161 Å². The van der Waals surface area contributed by atoms with Gasteiger partial charge in [0, 0.05) is 33.7 Å². The number of carbonyl (C=O) groups is 1. The fraction of sp³-hybridized carbons (Fsp3) is 0.588. The predicted octanol–water partition coefficient (Wildman–Crippen LogP) is 0.958. The van der Waals surface area contributed by atoms with E-state index in [1.165, 1.54) is 37.8 Å². The van der Waals surface area contributed by atoms with E-state index in [9.17, 15) is 21.6 Å². The highest BCUT2D eigenvalue weighted by Crippen LogP contribution is 2.28. The summed E-state index contributed by atoms with van der Waals surface area (Å²) in [5, 5.41) is 0. The average molecular weight is 418 g/mol. The summed E-state index contributed by atoms with van der Waals surface area (Å²) >= 11 is 0. The van der Waals surface area contributed by atoms with Crippen molar-refractivity contribution in [3.05, 3.63) is 24.3 Å². The van der Waals surface area contributed by atoms with Crippen LogP contribution in [0.4, 0.5) is 0 Å². The van der Waals surface area contributed by atoms with Crippen molar-refractivity contribution in [2.75, 3.05) is 33.7 Å². The Morgan fingerprint density at radius 2 is 1.56 bits per heavy atom. The molecule has 0 radical (unpaired) electrons. The van der Waals surface area contributed by atoms with Crippen LogP contribution in [0.3, 0.4) is 0 Å². The third kappa shape index (κ3) is 4.18. The average Bonchev–Trinajstić information content (AvgIpc) is 3.12. The van der Waals surface area contributed by atoms with Gasteiger partial charge in [0.2, 0.25) is 26.0 Å². The van der Waals surface area contributed by atoms with Gasteiger partial charge in [0.25, 0.3) is 0 Å². The van der Waals surface area contributed by atoms with Crippen LogP contribution < -0.4 is 0 Å². The lowest BCUT2D eigenvalue weighted by atomic mass is 10.2. The molecule has 1 amide bonds. The first-order chi connectivity index (χ1) is 12.6. The van der Waals surface area contributed by atoms with Gasteiger partial charge in [-0.3, -0.25) is 4.79 Å². The van der Waals surface area contributed by atoms with Gasteiger partial charge in [0.05, 0.1) is 9.79 Å². The number of hydrogen-bond acceptors (Lipinski definition) is 5. The van der Waals surface area contributed by atoms with E-state index in [0.717, 1.165) is 0 Å². The standard InChI is InChI=1S/C17H27N3O5S2/c1-5-19(6-2)26(22,23)14-9-11-15(12-10-14)27(24,25)20-13-7-8-16(20)17(21)18(3)4/h9-12,16H,5-8,13H2,1-4H3. The molecule has 0 spiro atoms. The molecule has 0 bridgehead atoms. The lowest BCUT2D eigenvalue weighted by molar-refractivity contribution is -0.132. The fourth-order valence-electron chi connectivity index (χ4n) is 3.20. The summed E-state index contributed by atoms with van der Waals surface area (Å²) in [6, 6.07) is 4.48. The third-order valence-electron chi connectivity index (χ3n) is 4.70. The van der Waals surface area contributed by atoms with Crippen molar-refractivity contribution in [3.8, 4) is 0 Å². The molecule has 152 valence electrons. The van der Waals surface area contributed by atoms with Crippen molar-refractivity contribution in [1.29, 1.82) is 0 Å². The number of sulfonamides is 2. The maximum absolute atomic E-state index is 13.0. The van der Waals surface area contributed by atoms with Crippen LogP contribution in [0, 0.1) is 0 Å². The lowest BCUT2D eigenvalue weighted by Gasteiger charge is -2.25. The molecule has 1 aromatic rings. The van der Waals surface area contributed by atoms with E-state index < -0.39 is 26.1 Å². The highest BCUT2D eigenvalue weighted by molar-refractivity contribution is 7.89. The first-order valence-corrected chi connectivity index (χ1v) is 11.8. The Bertz CT molecular complexity index is 876. The van der Waals surface area contributed by atoms with Crippen LogP contribution in [0.2, 0.25) is 0 Å². The van der Waals surface area contributed by atoms with Gasteiger partial charge >= 0.3 is 0 Å². The smallest absolute Gasteiger partial charge is 0.243 e. The van der Waals surface area contributed by atoms with Gasteiger partial charge in [-0.15, -0.1) is 0 Å². The molecule has 1 aliphatic rings. The number of nitrogens with zero attached hydrogens (tertiary/aromatic N) is 3. The van der Waals surface area contributed by atoms with Gasteiger partial charge in [0.1, 0.15) is 6.04 Å². The summed E-state index contributed by atoms with van der Waals surface area (Å²) in [5.74, 6) is -0.253. The number of amides is 1. The zero-order valence-electron chi connectivity index (χ0n) is 16.1. The van der Waals surface area contributed by atoms with Crippen molar-refractivity contribution in [2.45, 2.75) is 42.5 Å². The molecular weight excluding hydrogens is 390 g/mol. The minimum Gasteiger partial charge on any atom is -0.347 e. The van der Waals surface area contributed by atoms with Crippen molar-refractivity contribution < 1.29 is 21.6 Å². The van der Waals surface area contributed by atoms with E-state index in [1.807, 2.05) is 0 Å². The normalized spacial score (nSPS) is 18.8. The molecular formula is C17H27N3O5S2. The van der Waals surface area contributed by atoms with Gasteiger partial charge in [-0.25, -0.2) is 16.8 Å². The zero-order chi connectivity index (χ0) is 20.4. The summed E-state index contributed by atoms with van der Waals surface area (Å²) in [5.41, 5.74) is 0. The minimum atomic E-state index is -3.88. The van der Waals surface area contributed by atoms with Gasteiger partial charge < -0.3 is 4.90 Å². The largest absolute Gasteiger partial charge is 0.347 e. The van der Waals surface area contributed by atoms with Crippen molar-refractivity contribution >= 4 is 26.0 Å². The van der Waals surface area contributed by atoms with E-state index in [2.05, 4.69) is 0 Å². The van der Waals surface area contributed by atoms with Crippen LogP contribution in [0.15, 0.2) is 34.1 Å². The molecule has 8 nitrogen and oxygen atoms in total. The molecule has 2 rings (SSSR count). The molecule has 1 aromatic carbocycles. The quantitative estimate of drug-likeness (QED) is 0.658. The molecule has 1 fully saturated rings. The zero-order valence-corrected chi connectivity index (χ0v) is 17.8. The topological polar surface area (TPSA) is 95.1 Å². The minimum absolute atomic E-state index is 0.0144. The Balaban J connectivity index is 2.34. The lowest BCUT2D eigenvalue weighted by Crippen LogP contribution is -2.45. The number of hydrogen-bond donors (Lipinski definition) is 0. The van der Waals surface area contributed by atoms with Crippen LogP contribution in [0.1, 0.15) is 26.7 Å². The van der Waals surface area contributed by atoms with Crippen molar-refractivity contribution in [3.63, 3.8) is 0 Å². The fourth-order valence-corrected chi connectivity index (χ4v) is 6.31. The number of carbonyl (C=O) groups excluding carboxylic acids is 1. The molecule has 0 saturated carbocycles. The predicted molar refractivity (Wildman–Crippen MR) is 102 cm³/mol. The highest BCUT2D eigenvalue weighted by atomic mass is 32.2. The first kappa shape index (κ1) is 21.8. The molecule has 1 unspecified atom stereocenters. The molecule has 1 heterocycles. The molecule has 10 heteroatoms. The van der Waals surface area contributed by atoms with Gasteiger partial charge in [0.15, 0.2) is 0 Å².